The third-order valence-corrected chi connectivity index (χ3v) is 6.16. The van der Waals surface area contributed by atoms with Gasteiger partial charge >= 0.3 is 0 Å². The highest BCUT2D eigenvalue weighted by molar-refractivity contribution is 7.50. The fourth-order valence-corrected chi connectivity index (χ4v) is 3.93. The van der Waals surface area contributed by atoms with E-state index in [-0.39, 0.29) is 12.4 Å². The molecule has 3 aromatic rings. The lowest BCUT2D eigenvalue weighted by Gasteiger charge is -2.14. The Balaban J connectivity index is 0.00000106. The molecule has 4 rings (SSSR count). The van der Waals surface area contributed by atoms with Gasteiger partial charge in [0.25, 0.3) is 0 Å². The predicted octanol–water partition coefficient (Wildman–Crippen LogP) is 6.80. The van der Waals surface area contributed by atoms with Crippen LogP contribution in [0.1, 0.15) is 50.1 Å². The van der Waals surface area contributed by atoms with Crippen LogP contribution >= 0.6 is 8.15 Å². The number of aromatic nitrogens is 2. The number of hydrogen-bond acceptors (Lipinski definition) is 5. The first kappa shape index (κ1) is 27.0. The molecular formula is C28H36FN2O3P. The molecule has 0 radical (unpaired) electrons. The molecule has 1 N–H and O–H groups in total. The largest absolute Gasteiger partial charge is 0.497 e. The van der Waals surface area contributed by atoms with Crippen molar-refractivity contribution in [3.8, 4) is 22.8 Å². The standard InChI is InChI=1S/C25H30FN2O3P.C3H6/c1-17(2)12-24-25(22-14-20(30-3)8-9-23(22)26)27-15-19(28-24)16-31-21-7-5-6-18(13-21)10-11-32(4)29;1-2-3-1/h5-9,13-15,17,29H,10-12,16H2,1-4H3;1-3H2. The zero-order valence-corrected chi connectivity index (χ0v) is 22.0. The summed E-state index contributed by atoms with van der Waals surface area (Å²) >= 11 is 0. The number of hydrogen-bond donors (Lipinski definition) is 1. The van der Waals surface area contributed by atoms with Crippen LogP contribution in [-0.2, 0) is 19.4 Å². The first-order valence-electron chi connectivity index (χ1n) is 12.2. The highest BCUT2D eigenvalue weighted by atomic mass is 31.1. The molecule has 1 unspecified atom stereocenters. The average Bonchev–Trinajstić information content (AvgIpc) is 3.72. The van der Waals surface area contributed by atoms with E-state index >= 15 is 0 Å². The summed E-state index contributed by atoms with van der Waals surface area (Å²) in [5.74, 6) is 1.29. The number of rotatable bonds is 10. The summed E-state index contributed by atoms with van der Waals surface area (Å²) in [7, 11) is 0.643. The highest BCUT2D eigenvalue weighted by Gasteiger charge is 2.16. The SMILES string of the molecule is C1CC1.COc1ccc(F)c(-c2ncc(COc3cccc(CCP(C)O)c3)nc2CC(C)C)c1. The number of nitrogens with zero attached hydrogens (tertiary/aromatic N) is 2. The summed E-state index contributed by atoms with van der Waals surface area (Å²) in [5, 5.41) is 0. The number of aryl methyl sites for hydroxylation is 1. The van der Waals surface area contributed by atoms with E-state index in [2.05, 4.69) is 18.8 Å². The van der Waals surface area contributed by atoms with Crippen LogP contribution in [0.3, 0.4) is 0 Å². The second-order valence-corrected chi connectivity index (χ2v) is 11.0. The Kier molecular flexibility index (Phi) is 10.4. The monoisotopic (exact) mass is 498 g/mol. The van der Waals surface area contributed by atoms with E-state index in [1.54, 1.807) is 25.4 Å². The Labute approximate surface area is 209 Å². The molecule has 0 bridgehead atoms. The van der Waals surface area contributed by atoms with Gasteiger partial charge < -0.3 is 14.4 Å². The molecular weight excluding hydrogens is 462 g/mol. The Morgan fingerprint density at radius 3 is 2.51 bits per heavy atom. The van der Waals surface area contributed by atoms with Gasteiger partial charge in [-0.15, -0.1) is 0 Å². The lowest BCUT2D eigenvalue weighted by Crippen LogP contribution is -2.08. The van der Waals surface area contributed by atoms with Gasteiger partial charge in [-0.05, 0) is 67.5 Å². The number of benzene rings is 2. The lowest BCUT2D eigenvalue weighted by molar-refractivity contribution is 0.300. The van der Waals surface area contributed by atoms with Crippen molar-refractivity contribution < 1.29 is 18.8 Å². The van der Waals surface area contributed by atoms with E-state index in [9.17, 15) is 9.28 Å². The molecule has 1 fully saturated rings. The number of methoxy groups -OCH3 is 1. The van der Waals surface area contributed by atoms with E-state index in [0.29, 0.717) is 35.0 Å². The van der Waals surface area contributed by atoms with Gasteiger partial charge in [-0.2, -0.15) is 0 Å². The van der Waals surface area contributed by atoms with Crippen molar-refractivity contribution in [2.45, 2.75) is 52.6 Å². The molecule has 1 saturated carbocycles. The number of ether oxygens (including phenoxy) is 2. The third-order valence-electron chi connectivity index (χ3n) is 5.29. The van der Waals surface area contributed by atoms with Crippen LogP contribution in [0.4, 0.5) is 4.39 Å². The fourth-order valence-electron chi connectivity index (χ4n) is 3.34. The average molecular weight is 499 g/mol. The molecule has 0 aliphatic heterocycles. The zero-order chi connectivity index (χ0) is 25.2. The first-order chi connectivity index (χ1) is 16.9. The van der Waals surface area contributed by atoms with Crippen LogP contribution in [0, 0.1) is 11.7 Å². The minimum atomic E-state index is -0.911. The van der Waals surface area contributed by atoms with Crippen LogP contribution in [0.25, 0.3) is 11.3 Å². The lowest BCUT2D eigenvalue weighted by atomic mass is 10.0. The molecule has 5 nitrogen and oxygen atoms in total. The second-order valence-electron chi connectivity index (χ2n) is 9.23. The van der Waals surface area contributed by atoms with Gasteiger partial charge in [0.05, 0.1) is 30.4 Å². The maximum absolute atomic E-state index is 14.6. The summed E-state index contributed by atoms with van der Waals surface area (Å²) in [6, 6.07) is 12.5. The van der Waals surface area contributed by atoms with Gasteiger partial charge in [0, 0.05) is 13.7 Å². The number of halogens is 1. The smallest absolute Gasteiger partial charge is 0.132 e. The summed E-state index contributed by atoms with van der Waals surface area (Å²) in [6.45, 7) is 6.31. The zero-order valence-electron chi connectivity index (χ0n) is 21.1. The molecule has 1 aliphatic rings. The van der Waals surface area contributed by atoms with Crippen LogP contribution in [-0.4, -0.2) is 34.8 Å². The Hall–Kier alpha value is -2.56. The summed E-state index contributed by atoms with van der Waals surface area (Å²) < 4.78 is 25.8. The molecule has 188 valence electrons. The van der Waals surface area contributed by atoms with E-state index in [1.165, 1.54) is 25.3 Å². The second kappa shape index (κ2) is 13.5. The van der Waals surface area contributed by atoms with Crippen LogP contribution in [0.5, 0.6) is 11.5 Å². The Bertz CT molecular complexity index is 1090. The van der Waals surface area contributed by atoms with Crippen molar-refractivity contribution in [3.63, 3.8) is 0 Å². The minimum Gasteiger partial charge on any atom is -0.497 e. The van der Waals surface area contributed by atoms with Crippen LogP contribution in [0.15, 0.2) is 48.7 Å². The topological polar surface area (TPSA) is 64.5 Å². The maximum Gasteiger partial charge on any atom is 0.132 e. The van der Waals surface area contributed by atoms with Crippen molar-refractivity contribution in [1.82, 2.24) is 9.97 Å². The Morgan fingerprint density at radius 1 is 1.09 bits per heavy atom. The predicted molar refractivity (Wildman–Crippen MR) is 141 cm³/mol. The van der Waals surface area contributed by atoms with Gasteiger partial charge in [-0.1, -0.05) is 45.2 Å². The van der Waals surface area contributed by atoms with Gasteiger partial charge in [-0.25, -0.2) is 4.39 Å². The van der Waals surface area contributed by atoms with Crippen molar-refractivity contribution >= 4 is 8.15 Å². The van der Waals surface area contributed by atoms with E-state index < -0.39 is 8.15 Å². The molecule has 0 spiro atoms. The molecule has 1 heterocycles. The molecule has 1 aliphatic carbocycles. The summed E-state index contributed by atoms with van der Waals surface area (Å²) in [5.41, 5.74) is 3.46. The van der Waals surface area contributed by atoms with Crippen molar-refractivity contribution in [2.24, 2.45) is 5.92 Å². The molecule has 2 aromatic carbocycles. The van der Waals surface area contributed by atoms with Crippen molar-refractivity contribution in [2.75, 3.05) is 19.9 Å². The van der Waals surface area contributed by atoms with E-state index in [1.807, 2.05) is 30.9 Å². The van der Waals surface area contributed by atoms with Gasteiger partial charge in [0.2, 0.25) is 0 Å². The normalized spacial score (nSPS) is 13.1. The summed E-state index contributed by atoms with van der Waals surface area (Å²) in [6.07, 6.45) is 8.39. The molecule has 1 atom stereocenters. The van der Waals surface area contributed by atoms with Crippen LogP contribution < -0.4 is 9.47 Å². The van der Waals surface area contributed by atoms with E-state index in [0.717, 1.165) is 29.6 Å². The van der Waals surface area contributed by atoms with Gasteiger partial charge in [0.1, 0.15) is 23.9 Å². The van der Waals surface area contributed by atoms with Crippen LogP contribution in [0.2, 0.25) is 0 Å². The van der Waals surface area contributed by atoms with Gasteiger partial charge in [0.15, 0.2) is 0 Å². The molecule has 7 heteroatoms. The molecule has 0 amide bonds. The Morgan fingerprint density at radius 2 is 1.86 bits per heavy atom. The maximum atomic E-state index is 14.6. The van der Waals surface area contributed by atoms with Crippen molar-refractivity contribution in [1.29, 1.82) is 0 Å². The quantitative estimate of drug-likeness (QED) is 0.312. The minimum absolute atomic E-state index is 0.267. The molecule has 1 aromatic heterocycles. The first-order valence-corrected chi connectivity index (χ1v) is 14.1. The van der Waals surface area contributed by atoms with E-state index in [4.69, 9.17) is 14.5 Å². The molecule has 0 saturated heterocycles. The molecule has 35 heavy (non-hydrogen) atoms. The highest BCUT2D eigenvalue weighted by Crippen LogP contribution is 2.29. The third kappa shape index (κ3) is 9.19. The van der Waals surface area contributed by atoms with Gasteiger partial charge in [-0.3, -0.25) is 9.97 Å². The summed E-state index contributed by atoms with van der Waals surface area (Å²) in [4.78, 5) is 18.9. The fraction of sp³-hybridized carbons (Fsp3) is 0.429. The van der Waals surface area contributed by atoms with Crippen molar-refractivity contribution in [3.05, 3.63) is 71.4 Å².